The maximum absolute atomic E-state index is 5.65. The normalized spacial score (nSPS) is 42.1. The lowest BCUT2D eigenvalue weighted by atomic mass is 10.0. The molecule has 0 aromatic carbocycles. The third-order valence-corrected chi connectivity index (χ3v) is 8.19. The third-order valence-electron chi connectivity index (χ3n) is 7.69. The number of thiocarbonyl (C=S) groups is 2. The molecule has 3 saturated carbocycles. The van der Waals surface area contributed by atoms with Gasteiger partial charge in [-0.05, 0) is 92.6 Å². The first-order valence-corrected chi connectivity index (χ1v) is 11.9. The van der Waals surface area contributed by atoms with E-state index in [4.69, 9.17) is 24.4 Å². The van der Waals surface area contributed by atoms with Gasteiger partial charge in [-0.2, -0.15) is 0 Å². The standard InChI is InChI=1S/C22H32N4S2/c27-21(25-19-10-13-4-6-15(19)8-13)23-12-17-2-1-3-18(17)24-22(28)26-20-11-14-5-7-16(20)9-14/h4-7,13-20H,1-3,8-12H2,(H2,23,25,27)(H2,24,26,28)/t13-,14-,15-,16-,17-,18-,19-,20-/m0/s1. The smallest absolute Gasteiger partial charge is 0.166 e. The summed E-state index contributed by atoms with van der Waals surface area (Å²) in [6.45, 7) is 0.930. The molecule has 5 rings (SSSR count). The maximum Gasteiger partial charge on any atom is 0.166 e. The van der Waals surface area contributed by atoms with Gasteiger partial charge in [-0.15, -0.1) is 0 Å². The molecule has 8 atom stereocenters. The van der Waals surface area contributed by atoms with Gasteiger partial charge in [0.15, 0.2) is 10.2 Å². The van der Waals surface area contributed by atoms with Crippen LogP contribution in [0.15, 0.2) is 24.3 Å². The molecule has 5 aliphatic rings. The molecular weight excluding hydrogens is 384 g/mol. The van der Waals surface area contributed by atoms with Crippen LogP contribution < -0.4 is 21.3 Å². The first-order valence-electron chi connectivity index (χ1n) is 11.1. The van der Waals surface area contributed by atoms with Crippen molar-refractivity contribution >= 4 is 34.7 Å². The summed E-state index contributed by atoms with van der Waals surface area (Å²) in [7, 11) is 0. The summed E-state index contributed by atoms with van der Waals surface area (Å²) in [4.78, 5) is 0. The predicted molar refractivity (Wildman–Crippen MR) is 122 cm³/mol. The summed E-state index contributed by atoms with van der Waals surface area (Å²) >= 11 is 11.2. The molecule has 4 nitrogen and oxygen atoms in total. The molecule has 0 aliphatic heterocycles. The molecular formula is C22H32N4S2. The van der Waals surface area contributed by atoms with Gasteiger partial charge in [0.05, 0.1) is 0 Å². The van der Waals surface area contributed by atoms with Crippen molar-refractivity contribution in [3.05, 3.63) is 24.3 Å². The highest BCUT2D eigenvalue weighted by Gasteiger charge is 2.37. The van der Waals surface area contributed by atoms with Gasteiger partial charge < -0.3 is 21.3 Å². The second-order valence-corrected chi connectivity index (χ2v) is 10.4. The average molecular weight is 417 g/mol. The lowest BCUT2D eigenvalue weighted by Crippen LogP contribution is -2.50. The highest BCUT2D eigenvalue weighted by atomic mass is 32.1. The Bertz CT molecular complexity index is 690. The third kappa shape index (κ3) is 3.95. The highest BCUT2D eigenvalue weighted by molar-refractivity contribution is 7.80. The van der Waals surface area contributed by atoms with Crippen molar-refractivity contribution < 1.29 is 0 Å². The molecule has 28 heavy (non-hydrogen) atoms. The molecule has 0 radical (unpaired) electrons. The quantitative estimate of drug-likeness (QED) is 0.408. The molecule has 0 amide bonds. The van der Waals surface area contributed by atoms with Crippen molar-refractivity contribution in [2.75, 3.05) is 6.54 Å². The van der Waals surface area contributed by atoms with Gasteiger partial charge in [-0.25, -0.2) is 0 Å². The summed E-state index contributed by atoms with van der Waals surface area (Å²) in [5.41, 5.74) is 0. The average Bonchev–Trinajstić information content (AvgIpc) is 3.47. The zero-order valence-electron chi connectivity index (χ0n) is 16.4. The summed E-state index contributed by atoms with van der Waals surface area (Å²) in [5.74, 6) is 3.48. The van der Waals surface area contributed by atoms with E-state index < -0.39 is 0 Å². The van der Waals surface area contributed by atoms with Crippen molar-refractivity contribution in [1.29, 1.82) is 0 Å². The zero-order chi connectivity index (χ0) is 19.1. The molecule has 4 bridgehead atoms. The van der Waals surface area contributed by atoms with Crippen molar-refractivity contribution in [3.63, 3.8) is 0 Å². The van der Waals surface area contributed by atoms with E-state index in [1.807, 2.05) is 0 Å². The largest absolute Gasteiger partial charge is 0.362 e. The van der Waals surface area contributed by atoms with Crippen molar-refractivity contribution in [2.24, 2.45) is 29.6 Å². The van der Waals surface area contributed by atoms with Crippen molar-refractivity contribution in [3.8, 4) is 0 Å². The molecule has 0 unspecified atom stereocenters. The van der Waals surface area contributed by atoms with Gasteiger partial charge >= 0.3 is 0 Å². The minimum atomic E-state index is 0.454. The Hall–Kier alpha value is -1.14. The second kappa shape index (κ2) is 7.94. The first-order chi connectivity index (χ1) is 13.6. The van der Waals surface area contributed by atoms with Gasteiger partial charge in [0.1, 0.15) is 0 Å². The lowest BCUT2D eigenvalue weighted by molar-refractivity contribution is 0.431. The second-order valence-electron chi connectivity index (χ2n) is 9.54. The van der Waals surface area contributed by atoms with Crippen LogP contribution >= 0.6 is 24.4 Å². The van der Waals surface area contributed by atoms with Crippen LogP contribution in [0.3, 0.4) is 0 Å². The van der Waals surface area contributed by atoms with Gasteiger partial charge in [0, 0.05) is 24.7 Å². The molecule has 4 N–H and O–H groups in total. The Balaban J connectivity index is 1.05. The van der Waals surface area contributed by atoms with E-state index in [1.165, 1.54) is 44.9 Å². The van der Waals surface area contributed by atoms with Crippen LogP contribution in [0.2, 0.25) is 0 Å². The fourth-order valence-corrected chi connectivity index (χ4v) is 6.72. The molecule has 152 valence electrons. The molecule has 5 aliphatic carbocycles. The van der Waals surface area contributed by atoms with Crippen LogP contribution in [0, 0.1) is 29.6 Å². The Labute approximate surface area is 179 Å². The number of fused-ring (bicyclic) bond motifs is 4. The SMILES string of the molecule is S=C(NC[C@@H]1CCC[C@@H]1NC(=S)N[C@H]1C[C@H]2C=C[C@H]1C2)N[C@H]1C[C@H]2C=C[C@H]1C2. The monoisotopic (exact) mass is 416 g/mol. The van der Waals surface area contributed by atoms with E-state index in [9.17, 15) is 0 Å². The summed E-state index contributed by atoms with van der Waals surface area (Å²) in [6, 6.07) is 1.51. The van der Waals surface area contributed by atoms with E-state index >= 15 is 0 Å². The number of hydrogen-bond donors (Lipinski definition) is 4. The molecule has 0 aromatic heterocycles. The number of nitrogens with one attached hydrogen (secondary N) is 4. The molecule has 0 saturated heterocycles. The van der Waals surface area contributed by atoms with Crippen LogP contribution in [-0.2, 0) is 0 Å². The van der Waals surface area contributed by atoms with E-state index in [1.54, 1.807) is 0 Å². The number of allylic oxidation sites excluding steroid dienone is 2. The van der Waals surface area contributed by atoms with Crippen LogP contribution in [0.1, 0.15) is 44.9 Å². The van der Waals surface area contributed by atoms with Gasteiger partial charge in [0.25, 0.3) is 0 Å². The predicted octanol–water partition coefficient (Wildman–Crippen LogP) is 3.01. The molecule has 3 fully saturated rings. The first kappa shape index (κ1) is 18.9. The fraction of sp³-hybridized carbons (Fsp3) is 0.727. The topological polar surface area (TPSA) is 48.1 Å². The van der Waals surface area contributed by atoms with Crippen molar-refractivity contribution in [1.82, 2.24) is 21.3 Å². The van der Waals surface area contributed by atoms with Crippen LogP contribution in [-0.4, -0.2) is 34.9 Å². The van der Waals surface area contributed by atoms with E-state index in [2.05, 4.69) is 45.6 Å². The van der Waals surface area contributed by atoms with Gasteiger partial charge in [-0.1, -0.05) is 30.7 Å². The minimum absolute atomic E-state index is 0.454. The lowest BCUT2D eigenvalue weighted by Gasteiger charge is -2.27. The zero-order valence-corrected chi connectivity index (χ0v) is 18.0. The van der Waals surface area contributed by atoms with Gasteiger partial charge in [-0.3, -0.25) is 0 Å². The summed E-state index contributed by atoms with van der Waals surface area (Å²) in [5, 5.41) is 15.9. The van der Waals surface area contributed by atoms with E-state index in [0.29, 0.717) is 35.9 Å². The molecule has 6 heteroatoms. The highest BCUT2D eigenvalue weighted by Crippen LogP contribution is 2.39. The minimum Gasteiger partial charge on any atom is -0.362 e. The van der Waals surface area contributed by atoms with Crippen molar-refractivity contribution in [2.45, 2.75) is 63.1 Å². The maximum atomic E-state index is 5.65. The number of rotatable bonds is 5. The number of hydrogen-bond acceptors (Lipinski definition) is 2. The fourth-order valence-electron chi connectivity index (χ4n) is 6.19. The molecule has 0 heterocycles. The Morgan fingerprint density at radius 3 is 1.89 bits per heavy atom. The Morgan fingerprint density at radius 1 is 0.714 bits per heavy atom. The van der Waals surface area contributed by atoms with Crippen LogP contribution in [0.25, 0.3) is 0 Å². The van der Waals surface area contributed by atoms with E-state index in [0.717, 1.165) is 28.6 Å². The Morgan fingerprint density at radius 2 is 1.32 bits per heavy atom. The molecule has 0 aromatic rings. The summed E-state index contributed by atoms with van der Waals surface area (Å²) < 4.78 is 0. The Kier molecular flexibility index (Phi) is 5.35. The van der Waals surface area contributed by atoms with Crippen LogP contribution in [0.4, 0.5) is 0 Å². The summed E-state index contributed by atoms with van der Waals surface area (Å²) in [6.07, 6.45) is 18.3. The van der Waals surface area contributed by atoms with Gasteiger partial charge in [0.2, 0.25) is 0 Å². The van der Waals surface area contributed by atoms with E-state index in [-0.39, 0.29) is 0 Å². The van der Waals surface area contributed by atoms with Crippen LogP contribution in [0.5, 0.6) is 0 Å². The molecule has 0 spiro atoms.